The fraction of sp³-hybridized carbons (Fsp3) is 0.727. The Morgan fingerprint density at radius 1 is 1.43 bits per heavy atom. The van der Waals surface area contributed by atoms with Crippen molar-refractivity contribution in [3.05, 3.63) is 11.8 Å². The molecule has 0 unspecified atom stereocenters. The van der Waals surface area contributed by atoms with Gasteiger partial charge in [0.05, 0.1) is 5.54 Å². The molecule has 1 saturated carbocycles. The van der Waals surface area contributed by atoms with Crippen LogP contribution in [0.2, 0.25) is 0 Å². The summed E-state index contributed by atoms with van der Waals surface area (Å²) in [4.78, 5) is 2.11. The lowest BCUT2D eigenvalue weighted by Gasteiger charge is -2.44. The van der Waals surface area contributed by atoms with E-state index in [0.29, 0.717) is 5.84 Å². The van der Waals surface area contributed by atoms with Crippen molar-refractivity contribution in [1.29, 1.82) is 5.41 Å². The van der Waals surface area contributed by atoms with E-state index in [9.17, 15) is 0 Å². The first-order chi connectivity index (χ1) is 6.69. The van der Waals surface area contributed by atoms with Gasteiger partial charge in [-0.1, -0.05) is 12.8 Å². The van der Waals surface area contributed by atoms with Crippen molar-refractivity contribution in [2.75, 3.05) is 13.7 Å². The van der Waals surface area contributed by atoms with Crippen LogP contribution in [0.5, 0.6) is 0 Å². The van der Waals surface area contributed by atoms with E-state index in [1.165, 1.54) is 25.7 Å². The fourth-order valence-electron chi connectivity index (χ4n) is 2.51. The molecule has 1 N–H and O–H groups in total. The first-order valence-corrected chi connectivity index (χ1v) is 5.31. The fourth-order valence-corrected chi connectivity index (χ4v) is 2.51. The van der Waals surface area contributed by atoms with Gasteiger partial charge in [0.15, 0.2) is 11.6 Å². The van der Waals surface area contributed by atoms with E-state index in [0.717, 1.165) is 12.4 Å². The molecule has 1 saturated heterocycles. The minimum atomic E-state index is 0.129. The molecular formula is C11H18N2O. The number of nitrogens with one attached hydrogen (secondary N) is 1. The second kappa shape index (κ2) is 3.30. The van der Waals surface area contributed by atoms with Crippen LogP contribution in [0.25, 0.3) is 0 Å². The molecule has 0 radical (unpaired) electrons. The number of ether oxygens (including phenoxy) is 1. The van der Waals surface area contributed by atoms with Crippen molar-refractivity contribution in [3.8, 4) is 0 Å². The predicted octanol–water partition coefficient (Wildman–Crippen LogP) is 2.14. The lowest BCUT2D eigenvalue weighted by Crippen LogP contribution is -2.55. The molecular weight excluding hydrogens is 176 g/mol. The summed E-state index contributed by atoms with van der Waals surface area (Å²) in [5, 5.41) is 7.97. The molecule has 0 bridgehead atoms. The molecule has 0 aromatic heterocycles. The highest BCUT2D eigenvalue weighted by Crippen LogP contribution is 2.38. The zero-order chi connectivity index (χ0) is 10.2. The molecule has 14 heavy (non-hydrogen) atoms. The summed E-state index contributed by atoms with van der Waals surface area (Å²) in [5.74, 6) is 1.27. The van der Waals surface area contributed by atoms with Gasteiger partial charge < -0.3 is 9.64 Å². The molecule has 78 valence electrons. The summed E-state index contributed by atoms with van der Waals surface area (Å²) in [6.07, 6.45) is 6.75. The summed E-state index contributed by atoms with van der Waals surface area (Å²) in [7, 11) is 2.03. The molecule has 1 aliphatic heterocycles. The van der Waals surface area contributed by atoms with Crippen molar-refractivity contribution in [3.63, 3.8) is 0 Å². The second-order valence-electron chi connectivity index (χ2n) is 4.28. The van der Waals surface area contributed by atoms with Crippen molar-refractivity contribution < 1.29 is 4.74 Å². The van der Waals surface area contributed by atoms with Gasteiger partial charge >= 0.3 is 0 Å². The molecule has 3 nitrogen and oxygen atoms in total. The number of hydrogen-bond acceptors (Lipinski definition) is 2. The molecule has 3 heteroatoms. The third-order valence-corrected chi connectivity index (χ3v) is 3.57. The first kappa shape index (κ1) is 9.56. The normalized spacial score (nSPS) is 28.6. The van der Waals surface area contributed by atoms with Gasteiger partial charge in [-0.25, -0.2) is 0 Å². The molecule has 1 aliphatic carbocycles. The van der Waals surface area contributed by atoms with Crippen LogP contribution in [-0.4, -0.2) is 29.9 Å². The quantitative estimate of drug-likeness (QED) is 0.641. The standard InChI is InChI=1S/C11H18N2O/c1-3-9-10(12)13(2)11(8-14-9)6-4-5-7-11/h3,12H,4-8H2,1-2H3/b9-3+,12-10?. The highest BCUT2D eigenvalue weighted by atomic mass is 16.5. The maximum atomic E-state index is 7.97. The van der Waals surface area contributed by atoms with Crippen molar-refractivity contribution >= 4 is 5.84 Å². The number of amidine groups is 1. The minimum Gasteiger partial charge on any atom is -0.488 e. The number of nitrogens with zero attached hydrogens (tertiary/aromatic N) is 1. The molecule has 2 aliphatic rings. The van der Waals surface area contributed by atoms with Crippen LogP contribution in [0.3, 0.4) is 0 Å². The Balaban J connectivity index is 2.22. The van der Waals surface area contributed by atoms with E-state index in [1.54, 1.807) is 0 Å². The van der Waals surface area contributed by atoms with Gasteiger partial charge in [0.2, 0.25) is 0 Å². The number of rotatable bonds is 0. The van der Waals surface area contributed by atoms with E-state index >= 15 is 0 Å². The minimum absolute atomic E-state index is 0.129. The lowest BCUT2D eigenvalue weighted by molar-refractivity contribution is 0.0513. The smallest absolute Gasteiger partial charge is 0.163 e. The number of allylic oxidation sites excluding steroid dienone is 1. The molecule has 0 aromatic rings. The number of hydrogen-bond donors (Lipinski definition) is 1. The Labute approximate surface area is 85.2 Å². The van der Waals surface area contributed by atoms with Gasteiger partial charge in [0.25, 0.3) is 0 Å². The van der Waals surface area contributed by atoms with Gasteiger partial charge in [-0.15, -0.1) is 0 Å². The van der Waals surface area contributed by atoms with Crippen LogP contribution in [0.15, 0.2) is 11.8 Å². The van der Waals surface area contributed by atoms with Gasteiger partial charge in [0, 0.05) is 7.05 Å². The Morgan fingerprint density at radius 3 is 2.64 bits per heavy atom. The molecule has 0 amide bonds. The molecule has 2 fully saturated rings. The monoisotopic (exact) mass is 194 g/mol. The Bertz CT molecular complexity index is 277. The maximum Gasteiger partial charge on any atom is 0.163 e. The maximum absolute atomic E-state index is 7.97. The van der Waals surface area contributed by atoms with Crippen LogP contribution < -0.4 is 0 Å². The van der Waals surface area contributed by atoms with E-state index in [1.807, 2.05) is 20.0 Å². The second-order valence-corrected chi connectivity index (χ2v) is 4.28. The first-order valence-electron chi connectivity index (χ1n) is 5.31. The van der Waals surface area contributed by atoms with Crippen molar-refractivity contribution in [2.24, 2.45) is 0 Å². The summed E-state index contributed by atoms with van der Waals surface area (Å²) < 4.78 is 5.64. The van der Waals surface area contributed by atoms with Crippen molar-refractivity contribution in [2.45, 2.75) is 38.1 Å². The zero-order valence-corrected chi connectivity index (χ0v) is 8.97. The molecule has 0 atom stereocenters. The molecule has 0 aromatic carbocycles. The average molecular weight is 194 g/mol. The van der Waals surface area contributed by atoms with Crippen LogP contribution in [0.1, 0.15) is 32.6 Å². The number of likely N-dealkylation sites (N-methyl/N-ethyl adjacent to an activating group) is 1. The highest BCUT2D eigenvalue weighted by Gasteiger charge is 2.43. The van der Waals surface area contributed by atoms with E-state index < -0.39 is 0 Å². The third-order valence-electron chi connectivity index (χ3n) is 3.57. The SMILES string of the molecule is C/C=C1/OCC2(CCCC2)N(C)C1=N. The van der Waals surface area contributed by atoms with Gasteiger partial charge in [0.1, 0.15) is 6.61 Å². The third kappa shape index (κ3) is 1.22. The van der Waals surface area contributed by atoms with Crippen LogP contribution in [0.4, 0.5) is 0 Å². The van der Waals surface area contributed by atoms with E-state index in [2.05, 4.69) is 4.90 Å². The lowest BCUT2D eigenvalue weighted by atomic mass is 9.94. The van der Waals surface area contributed by atoms with Crippen LogP contribution in [0, 0.1) is 5.41 Å². The van der Waals surface area contributed by atoms with E-state index in [4.69, 9.17) is 10.1 Å². The van der Waals surface area contributed by atoms with Crippen molar-refractivity contribution in [1.82, 2.24) is 4.90 Å². The average Bonchev–Trinajstić information content (AvgIpc) is 2.65. The Kier molecular flexibility index (Phi) is 2.25. The Hall–Kier alpha value is -0.990. The Morgan fingerprint density at radius 2 is 2.07 bits per heavy atom. The van der Waals surface area contributed by atoms with Crippen LogP contribution in [-0.2, 0) is 4.74 Å². The molecule has 1 heterocycles. The topological polar surface area (TPSA) is 36.3 Å². The van der Waals surface area contributed by atoms with Crippen LogP contribution >= 0.6 is 0 Å². The summed E-state index contributed by atoms with van der Waals surface area (Å²) >= 11 is 0. The van der Waals surface area contributed by atoms with E-state index in [-0.39, 0.29) is 5.54 Å². The predicted molar refractivity (Wildman–Crippen MR) is 56.4 cm³/mol. The number of morpholine rings is 1. The van der Waals surface area contributed by atoms with Gasteiger partial charge in [-0.2, -0.15) is 0 Å². The zero-order valence-electron chi connectivity index (χ0n) is 8.97. The summed E-state index contributed by atoms with van der Waals surface area (Å²) in [6.45, 7) is 2.68. The largest absolute Gasteiger partial charge is 0.488 e. The molecule has 1 spiro atoms. The summed E-state index contributed by atoms with van der Waals surface area (Å²) in [6, 6.07) is 0. The van der Waals surface area contributed by atoms with Gasteiger partial charge in [-0.05, 0) is 25.8 Å². The highest BCUT2D eigenvalue weighted by molar-refractivity contribution is 5.94. The summed E-state index contributed by atoms with van der Waals surface area (Å²) in [5.41, 5.74) is 0.129. The van der Waals surface area contributed by atoms with Gasteiger partial charge in [-0.3, -0.25) is 5.41 Å². The molecule has 2 rings (SSSR count).